The van der Waals surface area contributed by atoms with Crippen LogP contribution in [0.15, 0.2) is 24.4 Å². The number of carbonyl (C=O) groups is 2. The number of nitrogens with zero attached hydrogens (tertiary/aromatic N) is 1. The van der Waals surface area contributed by atoms with Gasteiger partial charge < -0.3 is 19.4 Å². The summed E-state index contributed by atoms with van der Waals surface area (Å²) < 4.78 is 10.9. The molecule has 6 heteroatoms. The van der Waals surface area contributed by atoms with Crippen molar-refractivity contribution in [3.63, 3.8) is 0 Å². The summed E-state index contributed by atoms with van der Waals surface area (Å²) in [4.78, 5) is 29.4. The molecule has 0 saturated heterocycles. The van der Waals surface area contributed by atoms with Crippen molar-refractivity contribution in [3.05, 3.63) is 30.0 Å². The minimum absolute atomic E-state index is 0.190. The first-order valence-electron chi connectivity index (χ1n) is 10.3. The van der Waals surface area contributed by atoms with Crippen molar-refractivity contribution in [2.24, 2.45) is 0 Å². The molecule has 1 heterocycles. The molecule has 0 aliphatic rings. The van der Waals surface area contributed by atoms with Crippen LogP contribution in [-0.2, 0) is 20.7 Å². The van der Waals surface area contributed by atoms with E-state index >= 15 is 0 Å². The number of ether oxygens (including phenoxy) is 2. The van der Waals surface area contributed by atoms with Gasteiger partial charge in [0.05, 0.1) is 0 Å². The summed E-state index contributed by atoms with van der Waals surface area (Å²) in [6.07, 6.45) is 5.78. The topological polar surface area (TPSA) is 71.6 Å². The Morgan fingerprint density at radius 1 is 1.03 bits per heavy atom. The Morgan fingerprint density at radius 2 is 1.72 bits per heavy atom. The van der Waals surface area contributed by atoms with Crippen LogP contribution >= 0.6 is 0 Å². The minimum Gasteiger partial charge on any atom is -0.460 e. The van der Waals surface area contributed by atoms with Gasteiger partial charge in [0.2, 0.25) is 0 Å². The molecule has 0 radical (unpaired) electrons. The average Bonchev–Trinajstić information content (AvgIpc) is 3.02. The van der Waals surface area contributed by atoms with Gasteiger partial charge in [-0.15, -0.1) is 0 Å². The molecule has 2 rings (SSSR count). The van der Waals surface area contributed by atoms with Crippen LogP contribution in [0.2, 0.25) is 0 Å². The van der Waals surface area contributed by atoms with E-state index in [9.17, 15) is 9.59 Å². The van der Waals surface area contributed by atoms with E-state index in [1.807, 2.05) is 59.3 Å². The summed E-state index contributed by atoms with van der Waals surface area (Å²) in [6, 6.07) is 5.72. The molecule has 29 heavy (non-hydrogen) atoms. The predicted molar refractivity (Wildman–Crippen MR) is 115 cm³/mol. The zero-order valence-electron chi connectivity index (χ0n) is 18.3. The first-order chi connectivity index (χ1) is 13.7. The molecule has 1 aromatic carbocycles. The van der Waals surface area contributed by atoms with E-state index in [1.54, 1.807) is 0 Å². The lowest BCUT2D eigenvalue weighted by atomic mass is 10.1. The van der Waals surface area contributed by atoms with E-state index in [1.165, 1.54) is 0 Å². The summed E-state index contributed by atoms with van der Waals surface area (Å²) in [7, 11) is 4.08. The lowest BCUT2D eigenvalue weighted by molar-refractivity contribution is -0.154. The quantitative estimate of drug-likeness (QED) is 0.361. The third-order valence-corrected chi connectivity index (χ3v) is 4.48. The molecule has 160 valence electrons. The number of esters is 2. The van der Waals surface area contributed by atoms with Gasteiger partial charge in [-0.1, -0.05) is 12.5 Å². The molecule has 0 bridgehead atoms. The van der Waals surface area contributed by atoms with Gasteiger partial charge in [0.25, 0.3) is 0 Å². The maximum absolute atomic E-state index is 12.3. The van der Waals surface area contributed by atoms with Crippen molar-refractivity contribution in [2.45, 2.75) is 64.9 Å². The minimum atomic E-state index is -0.453. The predicted octanol–water partition coefficient (Wildman–Crippen LogP) is 4.47. The molecular weight excluding hydrogens is 368 g/mol. The van der Waals surface area contributed by atoms with Crippen molar-refractivity contribution in [1.29, 1.82) is 0 Å². The van der Waals surface area contributed by atoms with Gasteiger partial charge >= 0.3 is 11.9 Å². The molecule has 0 aliphatic carbocycles. The van der Waals surface area contributed by atoms with E-state index in [2.05, 4.69) is 9.88 Å². The molecule has 0 unspecified atom stereocenters. The summed E-state index contributed by atoms with van der Waals surface area (Å²) in [5.74, 6) is 0.176. The molecule has 1 aromatic heterocycles. The first-order valence-corrected chi connectivity index (χ1v) is 10.3. The maximum Gasteiger partial charge on any atom is 0.311 e. The fourth-order valence-corrected chi connectivity index (χ4v) is 3.13. The molecule has 1 N–H and O–H groups in total. The molecule has 0 spiro atoms. The van der Waals surface area contributed by atoms with Crippen LogP contribution in [0, 0.1) is 0 Å². The standard InChI is InChI=1S/C23H34N2O4/c1-23(2,3)29-21(27)13-8-6-7-12-20(26)28-19-11-9-10-18-22(19)17(16-24-18)14-15-25(4)5/h9-11,16,24H,6-8,12-15H2,1-5H3. The van der Waals surface area contributed by atoms with Gasteiger partial charge in [-0.25, -0.2) is 0 Å². The molecule has 0 fully saturated rings. The number of fused-ring (bicyclic) bond motifs is 1. The Balaban J connectivity index is 1.82. The second kappa shape index (κ2) is 10.4. The third kappa shape index (κ3) is 7.89. The first kappa shape index (κ1) is 22.9. The highest BCUT2D eigenvalue weighted by Crippen LogP contribution is 2.29. The maximum atomic E-state index is 12.3. The monoisotopic (exact) mass is 402 g/mol. The van der Waals surface area contributed by atoms with Crippen LogP contribution in [0.3, 0.4) is 0 Å². The number of nitrogens with one attached hydrogen (secondary N) is 1. The number of unbranched alkanes of at least 4 members (excludes halogenated alkanes) is 2. The molecule has 0 amide bonds. The Bertz CT molecular complexity index is 818. The van der Waals surface area contributed by atoms with Crippen LogP contribution in [0.25, 0.3) is 10.9 Å². The number of hydrogen-bond donors (Lipinski definition) is 1. The van der Waals surface area contributed by atoms with E-state index in [0.717, 1.165) is 35.9 Å². The Morgan fingerprint density at radius 3 is 2.38 bits per heavy atom. The van der Waals surface area contributed by atoms with Gasteiger partial charge in [0.1, 0.15) is 11.4 Å². The van der Waals surface area contributed by atoms with Crippen LogP contribution in [-0.4, -0.2) is 48.1 Å². The molecule has 2 aromatic rings. The number of hydrogen-bond acceptors (Lipinski definition) is 5. The SMILES string of the molecule is CN(C)CCc1c[nH]c2cccc(OC(=O)CCCCCC(=O)OC(C)(C)C)c12. The Hall–Kier alpha value is -2.34. The van der Waals surface area contributed by atoms with Crippen LogP contribution in [0.4, 0.5) is 0 Å². The lowest BCUT2D eigenvalue weighted by Crippen LogP contribution is -2.23. The van der Waals surface area contributed by atoms with Crippen molar-refractivity contribution in [3.8, 4) is 5.75 Å². The molecule has 0 atom stereocenters. The number of aromatic amines is 1. The lowest BCUT2D eigenvalue weighted by Gasteiger charge is -2.19. The highest BCUT2D eigenvalue weighted by Gasteiger charge is 2.16. The number of likely N-dealkylation sites (N-methyl/N-ethyl adjacent to an activating group) is 1. The van der Waals surface area contributed by atoms with E-state index < -0.39 is 5.60 Å². The highest BCUT2D eigenvalue weighted by atomic mass is 16.6. The number of aromatic nitrogens is 1. The second-order valence-corrected chi connectivity index (χ2v) is 8.67. The van der Waals surface area contributed by atoms with Gasteiger partial charge in [-0.3, -0.25) is 9.59 Å². The van der Waals surface area contributed by atoms with E-state index in [0.29, 0.717) is 31.4 Å². The fourth-order valence-electron chi connectivity index (χ4n) is 3.13. The zero-order chi connectivity index (χ0) is 21.4. The molecule has 0 saturated carbocycles. The van der Waals surface area contributed by atoms with E-state index in [-0.39, 0.29) is 11.9 Å². The summed E-state index contributed by atoms with van der Waals surface area (Å²) in [6.45, 7) is 6.50. The summed E-state index contributed by atoms with van der Waals surface area (Å²) in [5.41, 5.74) is 1.67. The number of H-pyrrole nitrogens is 1. The van der Waals surface area contributed by atoms with Crippen molar-refractivity contribution < 1.29 is 19.1 Å². The van der Waals surface area contributed by atoms with Crippen LogP contribution < -0.4 is 4.74 Å². The average molecular weight is 403 g/mol. The van der Waals surface area contributed by atoms with Crippen LogP contribution in [0.5, 0.6) is 5.75 Å². The third-order valence-electron chi connectivity index (χ3n) is 4.48. The van der Waals surface area contributed by atoms with Crippen molar-refractivity contribution in [2.75, 3.05) is 20.6 Å². The normalized spacial score (nSPS) is 11.8. The number of carbonyl (C=O) groups excluding carboxylic acids is 2. The smallest absolute Gasteiger partial charge is 0.311 e. The van der Waals surface area contributed by atoms with Gasteiger partial charge in [-0.05, 0) is 71.8 Å². The summed E-state index contributed by atoms with van der Waals surface area (Å²) in [5, 5.41) is 0.979. The van der Waals surface area contributed by atoms with E-state index in [4.69, 9.17) is 9.47 Å². The summed E-state index contributed by atoms with van der Waals surface area (Å²) >= 11 is 0. The second-order valence-electron chi connectivity index (χ2n) is 8.67. The Labute approximate surface area is 173 Å². The van der Waals surface area contributed by atoms with Gasteiger partial charge in [-0.2, -0.15) is 0 Å². The molecule has 0 aliphatic heterocycles. The number of benzene rings is 1. The van der Waals surface area contributed by atoms with Gasteiger partial charge in [0.15, 0.2) is 0 Å². The molecular formula is C23H34N2O4. The fraction of sp³-hybridized carbons (Fsp3) is 0.565. The van der Waals surface area contributed by atoms with Crippen molar-refractivity contribution >= 4 is 22.8 Å². The zero-order valence-corrected chi connectivity index (χ0v) is 18.3. The molecule has 6 nitrogen and oxygen atoms in total. The highest BCUT2D eigenvalue weighted by molar-refractivity contribution is 5.91. The Kier molecular flexibility index (Phi) is 8.26. The van der Waals surface area contributed by atoms with Crippen LogP contribution in [0.1, 0.15) is 58.4 Å². The number of rotatable bonds is 10. The van der Waals surface area contributed by atoms with Gasteiger partial charge in [0, 0.05) is 36.5 Å². The van der Waals surface area contributed by atoms with Crippen molar-refractivity contribution in [1.82, 2.24) is 9.88 Å². The largest absolute Gasteiger partial charge is 0.460 e.